The highest BCUT2D eigenvalue weighted by Gasteiger charge is 2.38. The summed E-state index contributed by atoms with van der Waals surface area (Å²) in [5, 5.41) is 29.6. The van der Waals surface area contributed by atoms with Crippen molar-refractivity contribution in [2.24, 2.45) is 11.5 Å². The quantitative estimate of drug-likeness (QED) is 0.354. The number of benzene rings is 1. The zero-order valence-electron chi connectivity index (χ0n) is 14.3. The van der Waals surface area contributed by atoms with E-state index in [0.29, 0.717) is 11.3 Å². The van der Waals surface area contributed by atoms with Gasteiger partial charge in [-0.05, 0) is 18.1 Å². The lowest BCUT2D eigenvalue weighted by Crippen LogP contribution is -2.57. The molecule has 0 saturated heterocycles. The van der Waals surface area contributed by atoms with Crippen LogP contribution in [0.1, 0.15) is 21.6 Å². The molecule has 1 aliphatic heterocycles. The van der Waals surface area contributed by atoms with Gasteiger partial charge in [0, 0.05) is 12.7 Å². The van der Waals surface area contributed by atoms with Crippen molar-refractivity contribution in [3.05, 3.63) is 41.2 Å². The Labute approximate surface area is 154 Å². The summed E-state index contributed by atoms with van der Waals surface area (Å²) in [6.45, 7) is 0.313. The second kappa shape index (κ2) is 7.74. The van der Waals surface area contributed by atoms with Crippen LogP contribution in [-0.4, -0.2) is 56.1 Å². The third-order valence-electron chi connectivity index (χ3n) is 4.19. The average molecular weight is 374 g/mol. The predicted molar refractivity (Wildman–Crippen MR) is 93.5 cm³/mol. The van der Waals surface area contributed by atoms with Crippen LogP contribution in [-0.2, 0) is 24.3 Å². The maximum Gasteiger partial charge on any atom is 0.547 e. The Morgan fingerprint density at radius 2 is 2.26 bits per heavy atom. The number of rotatable bonds is 6. The lowest BCUT2D eigenvalue weighted by molar-refractivity contribution is -0.123. The third-order valence-corrected chi connectivity index (χ3v) is 4.19. The number of carbonyl (C=O) groups is 2. The third kappa shape index (κ3) is 4.08. The molecule has 7 N–H and O–H groups in total. The molecule has 0 saturated carbocycles. The first-order valence-corrected chi connectivity index (χ1v) is 8.24. The number of fused-ring (bicyclic) bond motifs is 1. The summed E-state index contributed by atoms with van der Waals surface area (Å²) >= 11 is 0. The van der Waals surface area contributed by atoms with Crippen molar-refractivity contribution < 1.29 is 24.4 Å². The number of hydrogen-bond donors (Lipinski definition) is 5. The highest BCUT2D eigenvalue weighted by Crippen LogP contribution is 2.30. The largest absolute Gasteiger partial charge is 0.547 e. The van der Waals surface area contributed by atoms with Gasteiger partial charge in [-0.25, -0.2) is 4.79 Å². The molecule has 142 valence electrons. The molecule has 0 fully saturated rings. The Morgan fingerprint density at radius 3 is 2.93 bits per heavy atom. The predicted octanol–water partition coefficient (Wildman–Crippen LogP) is -2.10. The number of nitrogens with two attached hydrogens (primary N) is 2. The summed E-state index contributed by atoms with van der Waals surface area (Å²) in [7, 11) is -1.40. The number of nitrogens with one attached hydrogen (secondary N) is 1. The number of nitrogens with zero attached hydrogens (tertiary/aromatic N) is 3. The van der Waals surface area contributed by atoms with E-state index in [1.54, 1.807) is 18.3 Å². The molecule has 0 aliphatic carbocycles. The summed E-state index contributed by atoms with van der Waals surface area (Å²) in [6, 6.07) is 3.71. The van der Waals surface area contributed by atoms with Gasteiger partial charge in [-0.15, -0.1) is 5.10 Å². The molecule has 1 unspecified atom stereocenters. The van der Waals surface area contributed by atoms with Crippen LogP contribution in [0, 0.1) is 0 Å². The first-order chi connectivity index (χ1) is 12.9. The van der Waals surface area contributed by atoms with Crippen molar-refractivity contribution in [2.75, 3.05) is 0 Å². The second-order valence-corrected chi connectivity index (χ2v) is 6.17. The SMILES string of the molecule is NCc1cn(C[C@H](N)C(=O)NC2Cc3cccc(C(=O)O)c3OB2O)nn1. The number of hydrogen-bond acceptors (Lipinski definition) is 8. The van der Waals surface area contributed by atoms with Crippen molar-refractivity contribution in [2.45, 2.75) is 31.5 Å². The lowest BCUT2D eigenvalue weighted by atomic mass is 9.72. The summed E-state index contributed by atoms with van der Waals surface area (Å²) in [6.07, 6.45) is 1.80. The van der Waals surface area contributed by atoms with Gasteiger partial charge in [-0.2, -0.15) is 0 Å². The molecule has 2 heterocycles. The number of carboxylic acid groups (broad SMARTS) is 1. The molecule has 1 aliphatic rings. The van der Waals surface area contributed by atoms with Gasteiger partial charge in [0.05, 0.1) is 23.7 Å². The molecule has 1 aromatic carbocycles. The number of aromatic carboxylic acids is 1. The molecule has 3 rings (SSSR count). The lowest BCUT2D eigenvalue weighted by Gasteiger charge is -2.29. The normalized spacial score (nSPS) is 17.0. The molecule has 0 spiro atoms. The van der Waals surface area contributed by atoms with E-state index >= 15 is 0 Å². The van der Waals surface area contributed by atoms with Crippen molar-refractivity contribution in [1.29, 1.82) is 0 Å². The van der Waals surface area contributed by atoms with Gasteiger partial charge >= 0.3 is 13.1 Å². The Bertz CT molecular complexity index is 859. The Balaban J connectivity index is 1.66. The van der Waals surface area contributed by atoms with Crippen LogP contribution < -0.4 is 21.4 Å². The van der Waals surface area contributed by atoms with Crippen LogP contribution in [0.2, 0.25) is 0 Å². The van der Waals surface area contributed by atoms with Gasteiger partial charge in [0.2, 0.25) is 5.91 Å². The van der Waals surface area contributed by atoms with Crippen LogP contribution >= 0.6 is 0 Å². The molecular formula is C15H19BN6O5. The van der Waals surface area contributed by atoms with E-state index in [2.05, 4.69) is 15.6 Å². The Kier molecular flexibility index (Phi) is 5.39. The van der Waals surface area contributed by atoms with Crippen LogP contribution in [0.3, 0.4) is 0 Å². The van der Waals surface area contributed by atoms with Gasteiger partial charge in [-0.3, -0.25) is 9.48 Å². The average Bonchev–Trinajstić information content (AvgIpc) is 3.09. The van der Waals surface area contributed by atoms with Crippen molar-refractivity contribution >= 4 is 19.0 Å². The summed E-state index contributed by atoms with van der Waals surface area (Å²) in [4.78, 5) is 23.6. The molecule has 1 amide bonds. The number of aromatic nitrogens is 3. The zero-order chi connectivity index (χ0) is 19.6. The van der Waals surface area contributed by atoms with Crippen LogP contribution in [0.15, 0.2) is 24.4 Å². The fourth-order valence-electron chi connectivity index (χ4n) is 2.81. The number of carbonyl (C=O) groups excluding carboxylic acids is 1. The smallest absolute Gasteiger partial charge is 0.534 e. The van der Waals surface area contributed by atoms with E-state index in [1.807, 2.05) is 0 Å². The Morgan fingerprint density at radius 1 is 1.48 bits per heavy atom. The van der Waals surface area contributed by atoms with Crippen molar-refractivity contribution in [3.63, 3.8) is 0 Å². The molecule has 12 heteroatoms. The molecule has 1 aromatic heterocycles. The van der Waals surface area contributed by atoms with Gasteiger partial charge in [0.15, 0.2) is 0 Å². The van der Waals surface area contributed by atoms with Crippen molar-refractivity contribution in [3.8, 4) is 5.75 Å². The number of para-hydroxylation sites is 1. The first kappa shape index (κ1) is 18.8. The highest BCUT2D eigenvalue weighted by atomic mass is 16.5. The Hall–Kier alpha value is -2.96. The number of carboxylic acids is 1. The minimum Gasteiger partial charge on any atom is -0.534 e. The van der Waals surface area contributed by atoms with Gasteiger partial charge in [0.25, 0.3) is 0 Å². The summed E-state index contributed by atoms with van der Waals surface area (Å²) in [5.74, 6) is -2.34. The molecule has 2 aromatic rings. The first-order valence-electron chi connectivity index (χ1n) is 8.24. The molecule has 0 radical (unpaired) electrons. The highest BCUT2D eigenvalue weighted by molar-refractivity contribution is 6.47. The zero-order valence-corrected chi connectivity index (χ0v) is 14.3. The van der Waals surface area contributed by atoms with E-state index in [-0.39, 0.29) is 30.8 Å². The van der Waals surface area contributed by atoms with Gasteiger partial charge < -0.3 is 31.6 Å². The molecular weight excluding hydrogens is 355 g/mol. The minimum absolute atomic E-state index is 0.0464. The summed E-state index contributed by atoms with van der Waals surface area (Å²) < 4.78 is 6.74. The fraction of sp³-hybridized carbons (Fsp3) is 0.333. The molecule has 2 atom stereocenters. The molecule has 27 heavy (non-hydrogen) atoms. The maximum atomic E-state index is 12.3. The molecule has 11 nitrogen and oxygen atoms in total. The van der Waals surface area contributed by atoms with Crippen LogP contribution in [0.4, 0.5) is 0 Å². The van der Waals surface area contributed by atoms with Crippen LogP contribution in [0.25, 0.3) is 0 Å². The number of amides is 1. The fourth-order valence-corrected chi connectivity index (χ4v) is 2.81. The molecule has 0 bridgehead atoms. The minimum atomic E-state index is -1.40. The van der Waals surface area contributed by atoms with E-state index in [4.69, 9.17) is 16.1 Å². The monoisotopic (exact) mass is 374 g/mol. The van der Waals surface area contributed by atoms with Crippen LogP contribution in [0.5, 0.6) is 5.75 Å². The van der Waals surface area contributed by atoms with Gasteiger partial charge in [0.1, 0.15) is 11.8 Å². The van der Waals surface area contributed by atoms with E-state index < -0.39 is 31.0 Å². The summed E-state index contributed by atoms with van der Waals surface area (Å²) in [5.41, 5.74) is 12.4. The van der Waals surface area contributed by atoms with E-state index in [1.165, 1.54) is 10.7 Å². The van der Waals surface area contributed by atoms with E-state index in [0.717, 1.165) is 0 Å². The van der Waals surface area contributed by atoms with E-state index in [9.17, 15) is 19.7 Å². The maximum absolute atomic E-state index is 12.3. The standard InChI is InChI=1S/C15H19BN6O5/c17-5-9-6-22(21-20-9)7-11(18)14(23)19-12-4-8-2-1-3-10(15(24)25)13(8)27-16(12)26/h1-3,6,11-12,26H,4-5,7,17-18H2,(H,19,23)(H,24,25)/t11-,12?/m0/s1. The topological polar surface area (TPSA) is 179 Å². The second-order valence-electron chi connectivity index (χ2n) is 6.17. The van der Waals surface area contributed by atoms with Gasteiger partial charge in [-0.1, -0.05) is 17.3 Å². The van der Waals surface area contributed by atoms with Crippen molar-refractivity contribution in [1.82, 2.24) is 20.3 Å².